The summed E-state index contributed by atoms with van der Waals surface area (Å²) < 4.78 is 26.2. The van der Waals surface area contributed by atoms with Crippen LogP contribution in [0.2, 0.25) is 0 Å². The Bertz CT molecular complexity index is 467. The van der Waals surface area contributed by atoms with Gasteiger partial charge in [0.1, 0.15) is 0 Å². The number of sulfonamides is 1. The van der Waals surface area contributed by atoms with Gasteiger partial charge in [-0.05, 0) is 13.8 Å². The van der Waals surface area contributed by atoms with E-state index in [4.69, 9.17) is 0 Å². The van der Waals surface area contributed by atoms with Crippen molar-refractivity contribution in [2.24, 2.45) is 0 Å². The molecule has 6 nitrogen and oxygen atoms in total. The minimum atomic E-state index is -3.13. The molecule has 1 rings (SSSR count). The molecule has 0 fully saturated rings. The second kappa shape index (κ2) is 6.31. The summed E-state index contributed by atoms with van der Waals surface area (Å²) in [5.41, 5.74) is 1.07. The van der Waals surface area contributed by atoms with Gasteiger partial charge in [0.15, 0.2) is 0 Å². The first-order valence-corrected chi connectivity index (χ1v) is 7.63. The number of hydrogen-bond donors (Lipinski definition) is 1. The zero-order valence-corrected chi connectivity index (χ0v) is 12.2. The van der Waals surface area contributed by atoms with Crippen LogP contribution in [0.3, 0.4) is 0 Å². The van der Waals surface area contributed by atoms with Crippen LogP contribution in [0.4, 0.5) is 0 Å². The van der Waals surface area contributed by atoms with Crippen LogP contribution in [0.5, 0.6) is 0 Å². The molecule has 7 heteroatoms. The maximum atomic E-state index is 11.6. The highest BCUT2D eigenvalue weighted by molar-refractivity contribution is 7.89. The Labute approximate surface area is 109 Å². The van der Waals surface area contributed by atoms with Gasteiger partial charge in [-0.25, -0.2) is 12.7 Å². The van der Waals surface area contributed by atoms with Gasteiger partial charge in [-0.1, -0.05) is 0 Å². The summed E-state index contributed by atoms with van der Waals surface area (Å²) >= 11 is 0. The van der Waals surface area contributed by atoms with Crippen LogP contribution in [0.15, 0.2) is 12.4 Å². The van der Waals surface area contributed by atoms with Crippen molar-refractivity contribution in [3.05, 3.63) is 18.0 Å². The molecule has 0 aliphatic carbocycles. The number of aryl methyl sites for hydroxylation is 1. The van der Waals surface area contributed by atoms with E-state index >= 15 is 0 Å². The molecule has 0 bridgehead atoms. The molecule has 0 radical (unpaired) electrons. The summed E-state index contributed by atoms with van der Waals surface area (Å²) in [5.74, 6) is 0.103. The van der Waals surface area contributed by atoms with Gasteiger partial charge < -0.3 is 5.32 Å². The summed E-state index contributed by atoms with van der Waals surface area (Å²) in [6.07, 6.45) is 3.78. The van der Waals surface area contributed by atoms with Gasteiger partial charge in [-0.3, -0.25) is 4.68 Å². The average Bonchev–Trinajstić information content (AvgIpc) is 2.76. The van der Waals surface area contributed by atoms with Gasteiger partial charge in [0, 0.05) is 45.0 Å². The van der Waals surface area contributed by atoms with Crippen molar-refractivity contribution >= 4 is 10.0 Å². The fourth-order valence-electron chi connectivity index (χ4n) is 1.48. The molecule has 1 aromatic heterocycles. The van der Waals surface area contributed by atoms with Crippen LogP contribution in [-0.4, -0.2) is 48.9 Å². The van der Waals surface area contributed by atoms with Crippen LogP contribution in [0.1, 0.15) is 25.5 Å². The van der Waals surface area contributed by atoms with E-state index in [-0.39, 0.29) is 11.8 Å². The number of hydrogen-bond acceptors (Lipinski definition) is 4. The monoisotopic (exact) mass is 274 g/mol. The Morgan fingerprint density at radius 1 is 1.50 bits per heavy atom. The molecule has 1 aromatic rings. The summed E-state index contributed by atoms with van der Waals surface area (Å²) in [6, 6.07) is 0.0997. The number of aromatic nitrogens is 2. The molecule has 1 heterocycles. The molecule has 0 saturated heterocycles. The van der Waals surface area contributed by atoms with Crippen LogP contribution in [-0.2, 0) is 16.6 Å². The first-order chi connectivity index (χ1) is 8.36. The van der Waals surface area contributed by atoms with E-state index in [1.807, 2.05) is 30.9 Å². The maximum Gasteiger partial charge on any atom is 0.214 e. The molecular weight excluding hydrogens is 252 g/mol. The molecule has 0 amide bonds. The average molecular weight is 274 g/mol. The molecule has 1 unspecified atom stereocenters. The molecule has 0 spiro atoms. The predicted octanol–water partition coefficient (Wildman–Crippen LogP) is 0.445. The van der Waals surface area contributed by atoms with E-state index in [9.17, 15) is 8.42 Å². The Morgan fingerprint density at radius 2 is 2.17 bits per heavy atom. The standard InChI is InChI=1S/C11H22N4O2S/c1-5-15-9-11(8-13-15)10(2)12-6-7-18(16,17)14(3)4/h8-10,12H,5-7H2,1-4H3. The van der Waals surface area contributed by atoms with E-state index in [0.29, 0.717) is 6.54 Å². The molecule has 1 N–H and O–H groups in total. The summed E-state index contributed by atoms with van der Waals surface area (Å²) in [5, 5.41) is 7.38. The molecule has 104 valence electrons. The second-order valence-corrected chi connectivity index (χ2v) is 6.71. The Balaban J connectivity index is 2.44. The third kappa shape index (κ3) is 4.08. The highest BCUT2D eigenvalue weighted by Crippen LogP contribution is 2.10. The first kappa shape index (κ1) is 15.1. The van der Waals surface area contributed by atoms with Crippen molar-refractivity contribution in [2.75, 3.05) is 26.4 Å². The summed E-state index contributed by atoms with van der Waals surface area (Å²) in [4.78, 5) is 0. The third-order valence-electron chi connectivity index (χ3n) is 2.84. The van der Waals surface area contributed by atoms with E-state index in [2.05, 4.69) is 10.4 Å². The van der Waals surface area contributed by atoms with Crippen molar-refractivity contribution in [3.8, 4) is 0 Å². The normalized spacial score (nSPS) is 14.1. The lowest BCUT2D eigenvalue weighted by molar-refractivity contribution is 0.512. The Morgan fingerprint density at radius 3 is 2.67 bits per heavy atom. The smallest absolute Gasteiger partial charge is 0.214 e. The number of nitrogens with one attached hydrogen (secondary N) is 1. The van der Waals surface area contributed by atoms with Crippen LogP contribution >= 0.6 is 0 Å². The summed E-state index contributed by atoms with van der Waals surface area (Å²) in [6.45, 7) is 5.29. The predicted molar refractivity (Wildman–Crippen MR) is 71.8 cm³/mol. The van der Waals surface area contributed by atoms with Gasteiger partial charge >= 0.3 is 0 Å². The highest BCUT2D eigenvalue weighted by atomic mass is 32.2. The highest BCUT2D eigenvalue weighted by Gasteiger charge is 2.14. The molecular formula is C11H22N4O2S. The van der Waals surface area contributed by atoms with Gasteiger partial charge in [-0.15, -0.1) is 0 Å². The maximum absolute atomic E-state index is 11.6. The van der Waals surface area contributed by atoms with Crippen molar-refractivity contribution < 1.29 is 8.42 Å². The lowest BCUT2D eigenvalue weighted by Crippen LogP contribution is -2.32. The molecule has 0 saturated carbocycles. The fraction of sp³-hybridized carbons (Fsp3) is 0.727. The van der Waals surface area contributed by atoms with E-state index in [1.165, 1.54) is 4.31 Å². The minimum absolute atomic E-state index is 0.0997. The second-order valence-electron chi connectivity index (χ2n) is 4.40. The van der Waals surface area contributed by atoms with Crippen LogP contribution in [0.25, 0.3) is 0 Å². The lowest BCUT2D eigenvalue weighted by atomic mass is 10.2. The van der Waals surface area contributed by atoms with Crippen molar-refractivity contribution in [3.63, 3.8) is 0 Å². The lowest BCUT2D eigenvalue weighted by Gasteiger charge is -2.14. The zero-order valence-electron chi connectivity index (χ0n) is 11.4. The number of rotatable bonds is 7. The molecule has 18 heavy (non-hydrogen) atoms. The van der Waals surface area contributed by atoms with Gasteiger partial charge in [0.05, 0.1) is 11.9 Å². The zero-order chi connectivity index (χ0) is 13.8. The van der Waals surface area contributed by atoms with Crippen molar-refractivity contribution in [1.29, 1.82) is 0 Å². The molecule has 0 aromatic carbocycles. The fourth-order valence-corrected chi connectivity index (χ4v) is 2.22. The van der Waals surface area contributed by atoms with Crippen LogP contribution in [0, 0.1) is 0 Å². The SMILES string of the molecule is CCn1cc(C(C)NCCS(=O)(=O)N(C)C)cn1. The topological polar surface area (TPSA) is 67.2 Å². The van der Waals surface area contributed by atoms with Crippen LogP contribution < -0.4 is 5.32 Å². The van der Waals surface area contributed by atoms with Gasteiger partial charge in [0.2, 0.25) is 10.0 Å². The molecule has 0 aliphatic rings. The van der Waals surface area contributed by atoms with Crippen molar-refractivity contribution in [1.82, 2.24) is 19.4 Å². The molecule has 0 aliphatic heterocycles. The Hall–Kier alpha value is -0.920. The summed E-state index contributed by atoms with van der Waals surface area (Å²) in [7, 11) is -0.0342. The van der Waals surface area contributed by atoms with E-state index < -0.39 is 10.0 Å². The van der Waals surface area contributed by atoms with E-state index in [1.54, 1.807) is 14.1 Å². The van der Waals surface area contributed by atoms with E-state index in [0.717, 1.165) is 12.1 Å². The third-order valence-corrected chi connectivity index (χ3v) is 4.68. The quantitative estimate of drug-likeness (QED) is 0.783. The van der Waals surface area contributed by atoms with Gasteiger partial charge in [0.25, 0.3) is 0 Å². The molecule has 1 atom stereocenters. The van der Waals surface area contributed by atoms with Crippen molar-refractivity contribution in [2.45, 2.75) is 26.4 Å². The minimum Gasteiger partial charge on any atom is -0.309 e. The first-order valence-electron chi connectivity index (χ1n) is 6.02. The number of nitrogens with zero attached hydrogens (tertiary/aromatic N) is 3. The van der Waals surface area contributed by atoms with Gasteiger partial charge in [-0.2, -0.15) is 5.10 Å². The Kier molecular flexibility index (Phi) is 5.30. The largest absolute Gasteiger partial charge is 0.309 e.